The first kappa shape index (κ1) is 26.3. The number of hydrogen-bond acceptors (Lipinski definition) is 5. The number of hydrogen-bond donors (Lipinski definition) is 1. The van der Waals surface area contributed by atoms with Crippen molar-refractivity contribution < 1.29 is 23.8 Å². The van der Waals surface area contributed by atoms with E-state index in [1.807, 2.05) is 38.1 Å². The molecule has 1 aromatic heterocycles. The standard InChI is InChI=1S/C29H32FN3O4/c1-18-7-5-6-8-24(18)22-13-25-27(31-14-22)37-26(19(2)15-33(29(25)36)20(3)17-34)16-32(4)28(35)21-9-11-23(30)12-10-21/h5-14,19-20,26,34H,15-17H2,1-4H3/t19-,20+,26+/m1/s1. The van der Waals surface area contributed by atoms with Crippen LogP contribution in [0, 0.1) is 18.7 Å². The van der Waals surface area contributed by atoms with Crippen LogP contribution < -0.4 is 4.74 Å². The molecule has 0 saturated heterocycles. The monoisotopic (exact) mass is 505 g/mol. The molecule has 2 heterocycles. The molecule has 0 aliphatic carbocycles. The van der Waals surface area contributed by atoms with Crippen LogP contribution in [0.2, 0.25) is 0 Å². The molecule has 0 saturated carbocycles. The number of halogens is 1. The Morgan fingerprint density at radius 1 is 1.22 bits per heavy atom. The molecule has 0 unspecified atom stereocenters. The predicted molar refractivity (Wildman–Crippen MR) is 139 cm³/mol. The van der Waals surface area contributed by atoms with E-state index in [4.69, 9.17) is 4.74 Å². The molecule has 2 amide bonds. The molecule has 1 N–H and O–H groups in total. The van der Waals surface area contributed by atoms with Crippen LogP contribution in [0.1, 0.15) is 40.1 Å². The number of benzene rings is 2. The molecule has 4 rings (SSSR count). The van der Waals surface area contributed by atoms with Crippen molar-refractivity contribution in [1.29, 1.82) is 0 Å². The van der Waals surface area contributed by atoms with Gasteiger partial charge < -0.3 is 19.6 Å². The summed E-state index contributed by atoms with van der Waals surface area (Å²) in [4.78, 5) is 34.3. The van der Waals surface area contributed by atoms with Gasteiger partial charge in [-0.3, -0.25) is 9.59 Å². The Morgan fingerprint density at radius 3 is 2.59 bits per heavy atom. The van der Waals surface area contributed by atoms with Gasteiger partial charge in [-0.2, -0.15) is 0 Å². The van der Waals surface area contributed by atoms with Crippen molar-refractivity contribution >= 4 is 11.8 Å². The highest BCUT2D eigenvalue weighted by molar-refractivity contribution is 5.98. The maximum absolute atomic E-state index is 13.7. The summed E-state index contributed by atoms with van der Waals surface area (Å²) in [5, 5.41) is 9.88. The van der Waals surface area contributed by atoms with Gasteiger partial charge in [-0.15, -0.1) is 0 Å². The van der Waals surface area contributed by atoms with Crippen LogP contribution in [0.25, 0.3) is 11.1 Å². The van der Waals surface area contributed by atoms with Gasteiger partial charge in [0.2, 0.25) is 5.88 Å². The number of carbonyl (C=O) groups excluding carboxylic acids is 2. The van der Waals surface area contributed by atoms with Gasteiger partial charge in [-0.1, -0.05) is 31.2 Å². The molecule has 0 radical (unpaired) electrons. The van der Waals surface area contributed by atoms with Crippen molar-refractivity contribution in [1.82, 2.24) is 14.8 Å². The van der Waals surface area contributed by atoms with Crippen LogP contribution in [0.5, 0.6) is 5.88 Å². The molecule has 7 nitrogen and oxygen atoms in total. The molecule has 0 fully saturated rings. The lowest BCUT2D eigenvalue weighted by Gasteiger charge is -2.37. The van der Waals surface area contributed by atoms with Gasteiger partial charge in [-0.05, 0) is 55.3 Å². The molecule has 3 aromatic rings. The number of likely N-dealkylation sites (N-methyl/N-ethyl adjacent to an activating group) is 1. The lowest BCUT2D eigenvalue weighted by Crippen LogP contribution is -2.50. The minimum atomic E-state index is -0.480. The predicted octanol–water partition coefficient (Wildman–Crippen LogP) is 4.19. The van der Waals surface area contributed by atoms with E-state index in [1.54, 1.807) is 31.1 Å². The topological polar surface area (TPSA) is 83.0 Å². The number of rotatable bonds is 6. The van der Waals surface area contributed by atoms with Crippen LogP contribution in [0.3, 0.4) is 0 Å². The molecular weight excluding hydrogens is 473 g/mol. The van der Waals surface area contributed by atoms with Gasteiger partial charge in [0.05, 0.1) is 19.2 Å². The number of aryl methyl sites for hydroxylation is 1. The van der Waals surface area contributed by atoms with Gasteiger partial charge in [0.15, 0.2) is 0 Å². The fraction of sp³-hybridized carbons (Fsp3) is 0.345. The second kappa shape index (κ2) is 11.1. The molecule has 37 heavy (non-hydrogen) atoms. The zero-order valence-corrected chi connectivity index (χ0v) is 21.5. The number of aromatic nitrogens is 1. The van der Waals surface area contributed by atoms with Crippen molar-refractivity contribution in [3.05, 3.63) is 83.3 Å². The molecular formula is C29H32FN3O4. The highest BCUT2D eigenvalue weighted by atomic mass is 19.1. The van der Waals surface area contributed by atoms with Crippen LogP contribution in [-0.4, -0.2) is 70.6 Å². The summed E-state index contributed by atoms with van der Waals surface area (Å²) in [5.74, 6) is -0.922. The number of fused-ring (bicyclic) bond motifs is 1. The van der Waals surface area contributed by atoms with Crippen LogP contribution >= 0.6 is 0 Å². The van der Waals surface area contributed by atoms with Gasteiger partial charge in [0, 0.05) is 36.8 Å². The van der Waals surface area contributed by atoms with Gasteiger partial charge in [-0.25, -0.2) is 9.37 Å². The minimum Gasteiger partial charge on any atom is -0.472 e. The second-order valence-electron chi connectivity index (χ2n) is 9.71. The Hall–Kier alpha value is -3.78. The summed E-state index contributed by atoms with van der Waals surface area (Å²) in [7, 11) is 1.66. The average molecular weight is 506 g/mol. The third-order valence-corrected chi connectivity index (χ3v) is 6.87. The Morgan fingerprint density at radius 2 is 1.92 bits per heavy atom. The lowest BCUT2D eigenvalue weighted by atomic mass is 9.98. The third kappa shape index (κ3) is 5.64. The van der Waals surface area contributed by atoms with E-state index >= 15 is 0 Å². The molecule has 3 atom stereocenters. The molecule has 2 aromatic carbocycles. The van der Waals surface area contributed by atoms with Crippen molar-refractivity contribution in [3.63, 3.8) is 0 Å². The second-order valence-corrected chi connectivity index (χ2v) is 9.71. The van der Waals surface area contributed by atoms with E-state index in [1.165, 1.54) is 29.2 Å². The maximum atomic E-state index is 13.7. The summed E-state index contributed by atoms with van der Waals surface area (Å²) in [6.45, 7) is 6.11. The Labute approximate surface area is 216 Å². The number of aliphatic hydroxyl groups excluding tert-OH is 1. The Bertz CT molecular complexity index is 1280. The molecule has 0 spiro atoms. The van der Waals surface area contributed by atoms with Crippen molar-refractivity contribution in [2.45, 2.75) is 32.9 Å². The highest BCUT2D eigenvalue weighted by Gasteiger charge is 2.35. The van der Waals surface area contributed by atoms with Crippen molar-refractivity contribution in [2.75, 3.05) is 26.7 Å². The van der Waals surface area contributed by atoms with Crippen LogP contribution in [-0.2, 0) is 0 Å². The quantitative estimate of drug-likeness (QED) is 0.543. The number of nitrogens with zero attached hydrogens (tertiary/aromatic N) is 3. The number of ether oxygens (including phenoxy) is 1. The SMILES string of the molecule is Cc1ccccc1-c1cnc2c(c1)C(=O)N([C@@H](C)CO)C[C@@H](C)[C@H](CN(C)C(=O)c1ccc(F)cc1)O2. The Balaban J connectivity index is 1.68. The zero-order valence-electron chi connectivity index (χ0n) is 21.5. The molecule has 1 aliphatic heterocycles. The third-order valence-electron chi connectivity index (χ3n) is 6.87. The zero-order chi connectivity index (χ0) is 26.7. The lowest BCUT2D eigenvalue weighted by molar-refractivity contribution is 0.0313. The van der Waals surface area contributed by atoms with Crippen LogP contribution in [0.15, 0.2) is 60.8 Å². The van der Waals surface area contributed by atoms with E-state index in [0.29, 0.717) is 17.7 Å². The van der Waals surface area contributed by atoms with Crippen LogP contribution in [0.4, 0.5) is 4.39 Å². The van der Waals surface area contributed by atoms with E-state index in [9.17, 15) is 19.1 Å². The molecule has 1 aliphatic rings. The Kier molecular flexibility index (Phi) is 7.88. The van der Waals surface area contributed by atoms with Gasteiger partial charge in [0.25, 0.3) is 11.8 Å². The number of pyridine rings is 1. The summed E-state index contributed by atoms with van der Waals surface area (Å²) in [6, 6.07) is 14.6. The highest BCUT2D eigenvalue weighted by Crippen LogP contribution is 2.31. The number of amides is 2. The van der Waals surface area contributed by atoms with E-state index in [-0.39, 0.29) is 36.8 Å². The first-order valence-electron chi connectivity index (χ1n) is 12.3. The fourth-order valence-electron chi connectivity index (χ4n) is 4.53. The fourth-order valence-corrected chi connectivity index (χ4v) is 4.53. The molecule has 8 heteroatoms. The molecule has 194 valence electrons. The summed E-state index contributed by atoms with van der Waals surface area (Å²) in [6.07, 6.45) is 1.21. The summed E-state index contributed by atoms with van der Waals surface area (Å²) in [5.41, 5.74) is 3.49. The smallest absolute Gasteiger partial charge is 0.259 e. The van der Waals surface area contributed by atoms with Gasteiger partial charge >= 0.3 is 0 Å². The number of carbonyl (C=O) groups is 2. The summed E-state index contributed by atoms with van der Waals surface area (Å²) >= 11 is 0. The molecule has 0 bridgehead atoms. The van der Waals surface area contributed by atoms with Gasteiger partial charge in [0.1, 0.15) is 17.5 Å². The largest absolute Gasteiger partial charge is 0.472 e. The maximum Gasteiger partial charge on any atom is 0.259 e. The van der Waals surface area contributed by atoms with Crippen molar-refractivity contribution in [3.8, 4) is 17.0 Å². The van der Waals surface area contributed by atoms with Crippen molar-refractivity contribution in [2.24, 2.45) is 5.92 Å². The normalized spacial score (nSPS) is 18.3. The summed E-state index contributed by atoms with van der Waals surface area (Å²) < 4.78 is 19.6. The minimum absolute atomic E-state index is 0.174. The number of aliphatic hydroxyl groups is 1. The van der Waals surface area contributed by atoms with E-state index in [2.05, 4.69) is 4.98 Å². The average Bonchev–Trinajstić information content (AvgIpc) is 2.90. The van der Waals surface area contributed by atoms with E-state index in [0.717, 1.165) is 16.7 Å². The first-order chi connectivity index (χ1) is 17.7. The first-order valence-corrected chi connectivity index (χ1v) is 12.3. The van der Waals surface area contributed by atoms with E-state index < -0.39 is 18.0 Å².